The van der Waals surface area contributed by atoms with Gasteiger partial charge >= 0.3 is 5.97 Å². The van der Waals surface area contributed by atoms with E-state index in [9.17, 15) is 14.9 Å². The smallest absolute Gasteiger partial charge is 0.336 e. The molecule has 0 saturated heterocycles. The summed E-state index contributed by atoms with van der Waals surface area (Å²) in [5, 5.41) is 18.9. The number of nitrogens with one attached hydrogen (secondary N) is 1. The van der Waals surface area contributed by atoms with Crippen LogP contribution in [-0.2, 0) is 16.6 Å². The normalized spacial score (nSPS) is 16.1. The molecule has 1 atom stereocenters. The fraction of sp³-hybridized carbons (Fsp3) is 0.333. The molecule has 1 unspecified atom stereocenters. The summed E-state index contributed by atoms with van der Waals surface area (Å²) in [6, 6.07) is 6.34. The molecule has 0 spiro atoms. The highest BCUT2D eigenvalue weighted by atomic mass is 16.6. The van der Waals surface area contributed by atoms with Crippen LogP contribution in [0.25, 0.3) is 0 Å². The van der Waals surface area contributed by atoms with Crippen LogP contribution in [0.4, 0.5) is 11.5 Å². The number of hydrogen-bond donors (Lipinski definition) is 1. The van der Waals surface area contributed by atoms with Crippen LogP contribution >= 0.6 is 0 Å². The van der Waals surface area contributed by atoms with Crippen LogP contribution in [0.15, 0.2) is 35.5 Å². The molecule has 0 bridgehead atoms. The fourth-order valence-electron chi connectivity index (χ4n) is 3.41. The number of nitro groups is 1. The van der Waals surface area contributed by atoms with E-state index in [1.807, 2.05) is 14.0 Å². The molecule has 1 aliphatic heterocycles. The summed E-state index contributed by atoms with van der Waals surface area (Å²) in [6.45, 7) is 5.64. The third kappa shape index (κ3) is 2.83. The van der Waals surface area contributed by atoms with E-state index in [-0.39, 0.29) is 12.3 Å². The SMILES string of the molecule is CCOC(=O)C1=C(C)Nc2c(c(C)nn2C)C1c1cccc([N+](=O)[O-])c1. The molecule has 1 aromatic carbocycles. The number of aryl methyl sites for hydroxylation is 2. The number of carbonyl (C=O) groups excluding carboxylic acids is 1. The second-order valence-electron chi connectivity index (χ2n) is 6.14. The number of nitrogens with zero attached hydrogens (tertiary/aromatic N) is 3. The first kappa shape index (κ1) is 17.7. The average Bonchev–Trinajstić information content (AvgIpc) is 2.87. The van der Waals surface area contributed by atoms with Gasteiger partial charge in [-0.1, -0.05) is 12.1 Å². The number of fused-ring (bicyclic) bond motifs is 1. The highest BCUT2D eigenvalue weighted by Crippen LogP contribution is 2.44. The summed E-state index contributed by atoms with van der Waals surface area (Å²) in [5.74, 6) is -0.161. The van der Waals surface area contributed by atoms with Gasteiger partial charge in [0.2, 0.25) is 0 Å². The van der Waals surface area contributed by atoms with Crippen molar-refractivity contribution in [1.82, 2.24) is 9.78 Å². The van der Waals surface area contributed by atoms with Gasteiger partial charge in [-0.2, -0.15) is 5.10 Å². The summed E-state index contributed by atoms with van der Waals surface area (Å²) in [7, 11) is 1.81. The van der Waals surface area contributed by atoms with Crippen molar-refractivity contribution in [1.29, 1.82) is 0 Å². The number of non-ortho nitro benzene ring substituents is 1. The Morgan fingerprint density at radius 3 is 2.81 bits per heavy atom. The molecule has 26 heavy (non-hydrogen) atoms. The van der Waals surface area contributed by atoms with E-state index in [0.29, 0.717) is 16.8 Å². The molecule has 2 aromatic rings. The lowest BCUT2D eigenvalue weighted by molar-refractivity contribution is -0.384. The maximum absolute atomic E-state index is 12.7. The van der Waals surface area contributed by atoms with Crippen molar-refractivity contribution in [2.75, 3.05) is 11.9 Å². The Bertz CT molecular complexity index is 929. The van der Waals surface area contributed by atoms with E-state index < -0.39 is 16.8 Å². The molecular formula is C18H20N4O4. The predicted molar refractivity (Wildman–Crippen MR) is 95.8 cm³/mol. The largest absolute Gasteiger partial charge is 0.463 e. The van der Waals surface area contributed by atoms with Gasteiger partial charge in [-0.25, -0.2) is 4.79 Å². The minimum absolute atomic E-state index is 0.0232. The summed E-state index contributed by atoms with van der Waals surface area (Å²) in [5.41, 5.74) is 3.29. The minimum atomic E-state index is -0.487. The second kappa shape index (κ2) is 6.62. The zero-order valence-electron chi connectivity index (χ0n) is 15.1. The molecule has 1 N–H and O–H groups in total. The first-order valence-electron chi connectivity index (χ1n) is 8.27. The van der Waals surface area contributed by atoms with E-state index in [1.165, 1.54) is 12.1 Å². The van der Waals surface area contributed by atoms with E-state index in [1.54, 1.807) is 30.7 Å². The van der Waals surface area contributed by atoms with Gasteiger partial charge in [0.15, 0.2) is 0 Å². The van der Waals surface area contributed by atoms with Gasteiger partial charge < -0.3 is 10.1 Å². The first-order valence-corrected chi connectivity index (χ1v) is 8.27. The van der Waals surface area contributed by atoms with Crippen LogP contribution in [0.2, 0.25) is 0 Å². The van der Waals surface area contributed by atoms with Crippen LogP contribution in [0.5, 0.6) is 0 Å². The molecule has 0 radical (unpaired) electrons. The molecule has 0 amide bonds. The maximum atomic E-state index is 12.7. The van der Waals surface area contributed by atoms with Crippen LogP contribution in [0.3, 0.4) is 0 Å². The molecule has 1 aromatic heterocycles. The Hall–Kier alpha value is -3.16. The van der Waals surface area contributed by atoms with E-state index >= 15 is 0 Å². The first-order chi connectivity index (χ1) is 12.3. The van der Waals surface area contributed by atoms with Gasteiger partial charge in [-0.15, -0.1) is 0 Å². The number of hydrogen-bond acceptors (Lipinski definition) is 6. The number of esters is 1. The average molecular weight is 356 g/mol. The number of anilines is 1. The Labute approximate surface area is 150 Å². The van der Waals surface area contributed by atoms with Crippen molar-refractivity contribution >= 4 is 17.5 Å². The lowest BCUT2D eigenvalue weighted by Crippen LogP contribution is -2.25. The number of nitro benzene ring substituents is 1. The van der Waals surface area contributed by atoms with Gasteiger partial charge in [0.1, 0.15) is 5.82 Å². The highest BCUT2D eigenvalue weighted by molar-refractivity contribution is 5.94. The summed E-state index contributed by atoms with van der Waals surface area (Å²) >= 11 is 0. The van der Waals surface area contributed by atoms with Crippen LogP contribution < -0.4 is 5.32 Å². The quantitative estimate of drug-likeness (QED) is 0.513. The molecule has 0 saturated carbocycles. The van der Waals surface area contributed by atoms with Crippen molar-refractivity contribution in [2.45, 2.75) is 26.7 Å². The molecule has 2 heterocycles. The third-order valence-electron chi connectivity index (χ3n) is 4.47. The highest BCUT2D eigenvalue weighted by Gasteiger charge is 2.37. The number of aromatic nitrogens is 2. The van der Waals surface area contributed by atoms with Gasteiger partial charge in [0, 0.05) is 36.4 Å². The molecule has 8 heteroatoms. The second-order valence-corrected chi connectivity index (χ2v) is 6.14. The molecule has 1 aliphatic rings. The number of ether oxygens (including phenoxy) is 1. The minimum Gasteiger partial charge on any atom is -0.463 e. The van der Waals surface area contributed by atoms with E-state index in [0.717, 1.165) is 17.1 Å². The van der Waals surface area contributed by atoms with Gasteiger partial charge in [-0.3, -0.25) is 14.8 Å². The summed E-state index contributed by atoms with van der Waals surface area (Å²) < 4.78 is 6.95. The lowest BCUT2D eigenvalue weighted by atomic mass is 9.81. The monoisotopic (exact) mass is 356 g/mol. The van der Waals surface area contributed by atoms with Gasteiger partial charge in [-0.05, 0) is 26.3 Å². The molecule has 0 fully saturated rings. The number of allylic oxidation sites excluding steroid dienone is 1. The van der Waals surface area contributed by atoms with E-state index in [2.05, 4.69) is 10.4 Å². The Kier molecular flexibility index (Phi) is 4.50. The zero-order valence-corrected chi connectivity index (χ0v) is 15.1. The van der Waals surface area contributed by atoms with Crippen molar-refractivity contribution < 1.29 is 14.5 Å². The molecule has 8 nitrogen and oxygen atoms in total. The number of carbonyl (C=O) groups is 1. The Morgan fingerprint density at radius 1 is 1.42 bits per heavy atom. The molecule has 3 rings (SSSR count). The summed E-state index contributed by atoms with van der Waals surface area (Å²) in [4.78, 5) is 23.4. The van der Waals surface area contributed by atoms with Gasteiger partial charge in [0.25, 0.3) is 5.69 Å². The van der Waals surface area contributed by atoms with Crippen molar-refractivity contribution in [3.05, 3.63) is 62.5 Å². The fourth-order valence-corrected chi connectivity index (χ4v) is 3.41. The zero-order chi connectivity index (χ0) is 19.0. The maximum Gasteiger partial charge on any atom is 0.336 e. The van der Waals surface area contributed by atoms with Crippen molar-refractivity contribution in [3.8, 4) is 0 Å². The topological polar surface area (TPSA) is 99.3 Å². The third-order valence-corrected chi connectivity index (χ3v) is 4.47. The molecule has 0 aliphatic carbocycles. The molecular weight excluding hydrogens is 336 g/mol. The number of benzene rings is 1. The van der Waals surface area contributed by atoms with Gasteiger partial charge in [0.05, 0.1) is 22.8 Å². The van der Waals surface area contributed by atoms with Crippen LogP contribution in [0, 0.1) is 17.0 Å². The number of rotatable bonds is 4. The van der Waals surface area contributed by atoms with Crippen molar-refractivity contribution in [3.63, 3.8) is 0 Å². The Balaban J connectivity index is 2.25. The lowest BCUT2D eigenvalue weighted by Gasteiger charge is -2.28. The standard InChI is InChI=1S/C18H20N4O4/c1-5-26-18(23)15-10(2)19-17-14(11(3)20-21(17)4)16(15)12-7-6-8-13(9-12)22(24)25/h6-9,16,19H,5H2,1-4H3. The Morgan fingerprint density at radius 2 is 2.15 bits per heavy atom. The van der Waals surface area contributed by atoms with Crippen LogP contribution in [0.1, 0.15) is 36.6 Å². The van der Waals surface area contributed by atoms with Crippen molar-refractivity contribution in [2.24, 2.45) is 7.05 Å². The predicted octanol–water partition coefficient (Wildman–Crippen LogP) is 3.03. The summed E-state index contributed by atoms with van der Waals surface area (Å²) in [6.07, 6.45) is 0. The van der Waals surface area contributed by atoms with Crippen LogP contribution in [-0.4, -0.2) is 27.3 Å². The molecule has 136 valence electrons. The van der Waals surface area contributed by atoms with E-state index in [4.69, 9.17) is 4.74 Å².